The third kappa shape index (κ3) is 2.34. The summed E-state index contributed by atoms with van der Waals surface area (Å²) in [6, 6.07) is 0. The van der Waals surface area contributed by atoms with Crippen molar-refractivity contribution in [2.75, 3.05) is 14.1 Å². The average molecular weight is 246 g/mol. The van der Waals surface area contributed by atoms with Gasteiger partial charge in [0.1, 0.15) is 0 Å². The fraction of sp³-hybridized carbons (Fsp3) is 0.667. The molecule has 0 saturated carbocycles. The van der Waals surface area contributed by atoms with Crippen LogP contribution in [0.25, 0.3) is 0 Å². The Hall–Kier alpha value is -0.960. The third-order valence-corrected chi connectivity index (χ3v) is 2.72. The van der Waals surface area contributed by atoms with E-state index in [1.165, 1.54) is 36.3 Å². The molecule has 0 unspecified atom stereocenters. The van der Waals surface area contributed by atoms with Crippen molar-refractivity contribution in [2.24, 2.45) is 0 Å². The molecule has 0 aromatic rings. The molecule has 0 aromatic carbocycles. The van der Waals surface area contributed by atoms with E-state index in [-0.39, 0.29) is 0 Å². The van der Waals surface area contributed by atoms with Gasteiger partial charge in [-0.3, -0.25) is 0 Å². The lowest BCUT2D eigenvalue weighted by molar-refractivity contribution is -0.0739. The van der Waals surface area contributed by atoms with E-state index in [1.54, 1.807) is 0 Å². The predicted octanol–water partition coefficient (Wildman–Crippen LogP) is 0.485. The monoisotopic (exact) mass is 246 g/mol. The first-order valence-electron chi connectivity index (χ1n) is 3.77. The normalized spacial score (nSPS) is 19.0. The molecular weight excluding hydrogens is 237 g/mol. The van der Waals surface area contributed by atoms with Gasteiger partial charge in [0, 0.05) is 26.5 Å². The molecule has 0 N–H and O–H groups in total. The van der Waals surface area contributed by atoms with E-state index in [0.717, 1.165) is 0 Å². The number of hydrogen-bond acceptors (Lipinski definition) is 5. The number of alkyl halides is 3. The van der Waals surface area contributed by atoms with Crippen LogP contribution >= 0.6 is 0 Å². The van der Waals surface area contributed by atoms with Crippen molar-refractivity contribution >= 4 is 10.1 Å². The fourth-order valence-corrected chi connectivity index (χ4v) is 1.56. The Bertz CT molecular complexity index is 352. The van der Waals surface area contributed by atoms with Crippen molar-refractivity contribution in [3.05, 3.63) is 12.4 Å². The summed E-state index contributed by atoms with van der Waals surface area (Å²) in [4.78, 5) is 2.40. The summed E-state index contributed by atoms with van der Waals surface area (Å²) in [6.45, 7) is 0. The van der Waals surface area contributed by atoms with Crippen LogP contribution in [-0.2, 0) is 14.3 Å². The van der Waals surface area contributed by atoms with Crippen LogP contribution in [0.3, 0.4) is 0 Å². The molecule has 0 fully saturated rings. The van der Waals surface area contributed by atoms with Gasteiger partial charge in [-0.05, 0) is 0 Å². The van der Waals surface area contributed by atoms with Gasteiger partial charge in [0.25, 0.3) is 0 Å². The van der Waals surface area contributed by atoms with Crippen molar-refractivity contribution in [2.45, 2.75) is 11.9 Å². The maximum Gasteiger partial charge on any atom is 0.523 e. The van der Waals surface area contributed by atoms with Crippen LogP contribution in [0.4, 0.5) is 13.2 Å². The molecule has 15 heavy (non-hydrogen) atoms. The molecule has 0 bridgehead atoms. The lowest BCUT2D eigenvalue weighted by atomic mass is 10.8. The number of rotatable bonds is 2. The van der Waals surface area contributed by atoms with Crippen molar-refractivity contribution in [3.63, 3.8) is 0 Å². The van der Waals surface area contributed by atoms with E-state index in [1.807, 2.05) is 0 Å². The summed E-state index contributed by atoms with van der Waals surface area (Å²) < 4.78 is 61.3. The number of halogens is 3. The van der Waals surface area contributed by atoms with E-state index in [9.17, 15) is 21.6 Å². The van der Waals surface area contributed by atoms with Crippen LogP contribution in [0.5, 0.6) is 0 Å². The first-order chi connectivity index (χ1) is 6.65. The topological polar surface area (TPSA) is 49.9 Å². The van der Waals surface area contributed by atoms with Crippen molar-refractivity contribution in [3.8, 4) is 0 Å². The zero-order valence-electron chi connectivity index (χ0n) is 7.89. The highest BCUT2D eigenvalue weighted by atomic mass is 32.2. The molecule has 0 saturated heterocycles. The largest absolute Gasteiger partial charge is 0.523 e. The summed E-state index contributed by atoms with van der Waals surface area (Å²) in [7, 11) is -2.77. The third-order valence-electron chi connectivity index (χ3n) is 1.73. The van der Waals surface area contributed by atoms with E-state index >= 15 is 0 Å². The van der Waals surface area contributed by atoms with Gasteiger partial charge < -0.3 is 9.80 Å². The molecule has 1 aliphatic rings. The summed E-state index contributed by atoms with van der Waals surface area (Å²) in [6.07, 6.45) is 1.50. The van der Waals surface area contributed by atoms with Gasteiger partial charge in [0.15, 0.2) is 0 Å². The van der Waals surface area contributed by atoms with Crippen LogP contribution in [-0.4, -0.2) is 44.2 Å². The average Bonchev–Trinajstić information content (AvgIpc) is 2.33. The summed E-state index contributed by atoms with van der Waals surface area (Å²) >= 11 is 0. The van der Waals surface area contributed by atoms with Crippen molar-refractivity contribution in [1.82, 2.24) is 9.80 Å². The standard InChI is InChI=1S/C6H9F3N2O3S/c1-10-3-4-11(2)5(10)14-15(12,13)6(7,8)9/h3-5H,1-2H3. The van der Waals surface area contributed by atoms with Gasteiger partial charge in [-0.25, -0.2) is 4.18 Å². The predicted molar refractivity (Wildman–Crippen MR) is 44.5 cm³/mol. The van der Waals surface area contributed by atoms with E-state index in [4.69, 9.17) is 0 Å². The van der Waals surface area contributed by atoms with Crippen LogP contribution in [0.15, 0.2) is 12.4 Å². The zero-order valence-corrected chi connectivity index (χ0v) is 8.71. The molecule has 88 valence electrons. The molecular formula is C6H9F3N2O3S. The molecule has 0 aliphatic carbocycles. The molecule has 9 heteroatoms. The Morgan fingerprint density at radius 2 is 1.60 bits per heavy atom. The first-order valence-corrected chi connectivity index (χ1v) is 5.18. The smallest absolute Gasteiger partial charge is 0.336 e. The Labute approximate surface area is 84.8 Å². The maximum atomic E-state index is 12.0. The second kappa shape index (κ2) is 3.56. The minimum atomic E-state index is -5.57. The Morgan fingerprint density at radius 1 is 1.20 bits per heavy atom. The van der Waals surface area contributed by atoms with Crippen LogP contribution < -0.4 is 0 Å². The lowest BCUT2D eigenvalue weighted by Gasteiger charge is -2.26. The zero-order chi connectivity index (χ0) is 11.9. The Kier molecular flexibility index (Phi) is 2.88. The van der Waals surface area contributed by atoms with Gasteiger partial charge in [-0.1, -0.05) is 0 Å². The molecule has 0 radical (unpaired) electrons. The fourth-order valence-electron chi connectivity index (χ4n) is 0.948. The summed E-state index contributed by atoms with van der Waals surface area (Å²) in [5, 5.41) is 0. The van der Waals surface area contributed by atoms with Gasteiger partial charge in [0.05, 0.1) is 0 Å². The van der Waals surface area contributed by atoms with Gasteiger partial charge in [-0.2, -0.15) is 21.6 Å². The van der Waals surface area contributed by atoms with Crippen LogP contribution in [0, 0.1) is 0 Å². The number of nitrogens with zero attached hydrogens (tertiary/aromatic N) is 2. The second-order valence-electron chi connectivity index (χ2n) is 2.95. The van der Waals surface area contributed by atoms with Crippen LogP contribution in [0.2, 0.25) is 0 Å². The highest BCUT2D eigenvalue weighted by Gasteiger charge is 2.49. The van der Waals surface area contributed by atoms with Gasteiger partial charge >= 0.3 is 15.6 Å². The molecule has 0 atom stereocenters. The molecule has 1 heterocycles. The van der Waals surface area contributed by atoms with E-state index < -0.39 is 22.0 Å². The first kappa shape index (κ1) is 12.1. The summed E-state index contributed by atoms with van der Waals surface area (Å²) in [5.74, 6) is 0. The molecule has 0 amide bonds. The molecule has 1 aliphatic heterocycles. The minimum Gasteiger partial charge on any atom is -0.336 e. The quantitative estimate of drug-likeness (QED) is 0.524. The second-order valence-corrected chi connectivity index (χ2v) is 4.52. The molecule has 0 aromatic heterocycles. The molecule has 1 rings (SSSR count). The summed E-state index contributed by atoms with van der Waals surface area (Å²) in [5.41, 5.74) is -5.41. The van der Waals surface area contributed by atoms with Crippen molar-refractivity contribution in [1.29, 1.82) is 0 Å². The lowest BCUT2D eigenvalue weighted by Crippen LogP contribution is -2.41. The molecule has 0 spiro atoms. The van der Waals surface area contributed by atoms with Crippen molar-refractivity contribution < 1.29 is 25.8 Å². The van der Waals surface area contributed by atoms with Gasteiger partial charge in [0.2, 0.25) is 6.35 Å². The van der Waals surface area contributed by atoms with Crippen LogP contribution in [0.1, 0.15) is 0 Å². The minimum absolute atomic E-state index is 1.20. The number of hydrogen-bond donors (Lipinski definition) is 0. The van der Waals surface area contributed by atoms with E-state index in [0.29, 0.717) is 0 Å². The SMILES string of the molecule is CN1C=CN(C)C1OS(=O)(=O)C(F)(F)F. The molecule has 5 nitrogen and oxygen atoms in total. The maximum absolute atomic E-state index is 12.0. The highest BCUT2D eigenvalue weighted by Crippen LogP contribution is 2.27. The Morgan fingerprint density at radius 3 is 1.93 bits per heavy atom. The van der Waals surface area contributed by atoms with Gasteiger partial charge in [-0.15, -0.1) is 0 Å². The highest BCUT2D eigenvalue weighted by molar-refractivity contribution is 7.87. The van der Waals surface area contributed by atoms with E-state index in [2.05, 4.69) is 4.18 Å². The Balaban J connectivity index is 2.80.